The Morgan fingerprint density at radius 1 is 1.15 bits per heavy atom. The first kappa shape index (κ1) is 18.6. The summed E-state index contributed by atoms with van der Waals surface area (Å²) in [4.78, 5) is 6.96. The second-order valence-corrected chi connectivity index (χ2v) is 7.19. The third-order valence-electron chi connectivity index (χ3n) is 4.50. The van der Waals surface area contributed by atoms with Crippen LogP contribution in [0.5, 0.6) is 0 Å². The Bertz CT molecular complexity index is 702. The third-order valence-corrected chi connectivity index (χ3v) is 4.50. The van der Waals surface area contributed by atoms with Gasteiger partial charge in [-0.1, -0.05) is 48.0 Å². The second-order valence-electron chi connectivity index (χ2n) is 7.19. The zero-order valence-electron chi connectivity index (χ0n) is 16.0. The van der Waals surface area contributed by atoms with Crippen molar-refractivity contribution < 1.29 is 4.74 Å². The quantitative estimate of drug-likeness (QED) is 0.857. The van der Waals surface area contributed by atoms with Gasteiger partial charge in [-0.25, -0.2) is 4.98 Å². The lowest BCUT2D eigenvalue weighted by atomic mass is 10.1. The van der Waals surface area contributed by atoms with Gasteiger partial charge in [0.05, 0.1) is 12.2 Å². The second kappa shape index (κ2) is 8.97. The van der Waals surface area contributed by atoms with Crippen LogP contribution < -0.4 is 10.2 Å². The zero-order chi connectivity index (χ0) is 18.4. The Morgan fingerprint density at radius 3 is 2.54 bits per heavy atom. The fourth-order valence-corrected chi connectivity index (χ4v) is 3.36. The van der Waals surface area contributed by atoms with E-state index >= 15 is 0 Å². The van der Waals surface area contributed by atoms with Gasteiger partial charge in [0.15, 0.2) is 0 Å². The fourth-order valence-electron chi connectivity index (χ4n) is 3.36. The molecule has 26 heavy (non-hydrogen) atoms. The van der Waals surface area contributed by atoms with E-state index in [0.717, 1.165) is 32.0 Å². The Morgan fingerprint density at radius 2 is 1.88 bits per heavy atom. The molecule has 0 amide bonds. The number of pyridine rings is 1. The monoisotopic (exact) mass is 351 g/mol. The molecule has 1 aliphatic rings. The first-order valence-corrected chi connectivity index (χ1v) is 9.38. The lowest BCUT2D eigenvalue weighted by Crippen LogP contribution is -2.45. The summed E-state index contributed by atoms with van der Waals surface area (Å²) in [5.41, 5.74) is 3.76. The van der Waals surface area contributed by atoms with Crippen molar-refractivity contribution in [3.63, 3.8) is 0 Å². The predicted molar refractivity (Wildman–Crippen MR) is 108 cm³/mol. The molecular formula is C22H29N3O. The molecule has 2 heterocycles. The Kier molecular flexibility index (Phi) is 6.42. The topological polar surface area (TPSA) is 37.4 Å². The van der Waals surface area contributed by atoms with Gasteiger partial charge in [-0.15, -0.1) is 0 Å². The van der Waals surface area contributed by atoms with Gasteiger partial charge in [-0.3, -0.25) is 0 Å². The number of hydrogen-bond acceptors (Lipinski definition) is 4. The van der Waals surface area contributed by atoms with Crippen LogP contribution in [0.4, 0.5) is 5.82 Å². The summed E-state index contributed by atoms with van der Waals surface area (Å²) in [6.45, 7) is 9.88. The average Bonchev–Trinajstić information content (AvgIpc) is 2.62. The molecule has 138 valence electrons. The molecule has 1 N–H and O–H groups in total. The van der Waals surface area contributed by atoms with Gasteiger partial charge in [-0.2, -0.15) is 0 Å². The summed E-state index contributed by atoms with van der Waals surface area (Å²) >= 11 is 0. The van der Waals surface area contributed by atoms with E-state index in [1.165, 1.54) is 16.7 Å². The number of nitrogens with zero attached hydrogens (tertiary/aromatic N) is 2. The van der Waals surface area contributed by atoms with E-state index < -0.39 is 0 Å². The first-order valence-electron chi connectivity index (χ1n) is 9.38. The molecule has 0 radical (unpaired) electrons. The lowest BCUT2D eigenvalue weighted by Gasteiger charge is -2.36. The predicted octanol–water partition coefficient (Wildman–Crippen LogP) is 3.89. The Labute approximate surface area is 156 Å². The zero-order valence-corrected chi connectivity index (χ0v) is 16.0. The van der Waals surface area contributed by atoms with Crippen LogP contribution in [0.3, 0.4) is 0 Å². The largest absolute Gasteiger partial charge is 0.372 e. The normalized spacial score (nSPS) is 21.0. The standard InChI is InChI=1S/C22H29N3O/c1-17(11-20-7-5-4-6-8-20)12-23-13-21-9-10-22(24-14-21)25-15-18(2)26-19(3)16-25/h4-11,14,18-19,23H,12-13,15-16H2,1-3H3/b17-11+. The van der Waals surface area contributed by atoms with Gasteiger partial charge in [0.1, 0.15) is 5.82 Å². The molecule has 2 atom stereocenters. The van der Waals surface area contributed by atoms with E-state index in [4.69, 9.17) is 4.74 Å². The minimum absolute atomic E-state index is 0.251. The molecule has 1 aliphatic heterocycles. The van der Waals surface area contributed by atoms with Crippen molar-refractivity contribution in [2.45, 2.75) is 39.5 Å². The summed E-state index contributed by atoms with van der Waals surface area (Å²) in [5, 5.41) is 3.49. The first-order chi connectivity index (χ1) is 12.6. The number of nitrogens with one attached hydrogen (secondary N) is 1. The van der Waals surface area contributed by atoms with E-state index in [1.807, 2.05) is 12.3 Å². The maximum atomic E-state index is 5.79. The van der Waals surface area contributed by atoms with Gasteiger partial charge in [0, 0.05) is 32.4 Å². The highest BCUT2D eigenvalue weighted by molar-refractivity contribution is 5.52. The van der Waals surface area contributed by atoms with Crippen LogP contribution >= 0.6 is 0 Å². The molecule has 2 unspecified atom stereocenters. The van der Waals surface area contributed by atoms with E-state index in [1.54, 1.807) is 0 Å². The van der Waals surface area contributed by atoms with Crippen LogP contribution in [0.1, 0.15) is 31.9 Å². The highest BCUT2D eigenvalue weighted by Gasteiger charge is 2.22. The molecule has 2 aromatic rings. The number of rotatable bonds is 6. The molecule has 1 aromatic carbocycles. The Hall–Kier alpha value is -2.17. The van der Waals surface area contributed by atoms with Crippen molar-refractivity contribution in [3.05, 3.63) is 65.4 Å². The average molecular weight is 351 g/mol. The number of hydrogen-bond donors (Lipinski definition) is 1. The number of anilines is 1. The minimum atomic E-state index is 0.251. The Balaban J connectivity index is 1.49. The van der Waals surface area contributed by atoms with Crippen molar-refractivity contribution in [1.29, 1.82) is 0 Å². The molecule has 4 heteroatoms. The molecule has 3 rings (SSSR count). The molecule has 0 spiro atoms. The summed E-state index contributed by atoms with van der Waals surface area (Å²) in [7, 11) is 0. The molecule has 1 saturated heterocycles. The third kappa shape index (κ3) is 5.41. The number of aromatic nitrogens is 1. The molecule has 1 fully saturated rings. The van der Waals surface area contributed by atoms with Crippen LogP contribution in [0, 0.1) is 0 Å². The van der Waals surface area contributed by atoms with Crippen LogP contribution in [0.15, 0.2) is 54.2 Å². The van der Waals surface area contributed by atoms with E-state index in [0.29, 0.717) is 0 Å². The van der Waals surface area contributed by atoms with E-state index in [9.17, 15) is 0 Å². The van der Waals surface area contributed by atoms with E-state index in [-0.39, 0.29) is 12.2 Å². The maximum Gasteiger partial charge on any atom is 0.128 e. The molecular weight excluding hydrogens is 322 g/mol. The summed E-state index contributed by atoms with van der Waals surface area (Å²) < 4.78 is 5.79. The molecule has 4 nitrogen and oxygen atoms in total. The highest BCUT2D eigenvalue weighted by Crippen LogP contribution is 2.18. The molecule has 0 saturated carbocycles. The fraction of sp³-hybridized carbons (Fsp3) is 0.409. The SMILES string of the molecule is C/C(=C\c1ccccc1)CNCc1ccc(N2CC(C)OC(C)C2)nc1. The van der Waals surface area contributed by atoms with Crippen molar-refractivity contribution >= 4 is 11.9 Å². The van der Waals surface area contributed by atoms with Crippen LogP contribution in [-0.4, -0.2) is 36.8 Å². The van der Waals surface area contributed by atoms with Gasteiger partial charge < -0.3 is 15.0 Å². The van der Waals surface area contributed by atoms with Gasteiger partial charge in [-0.05, 0) is 38.0 Å². The smallest absolute Gasteiger partial charge is 0.128 e. The number of ether oxygens (including phenoxy) is 1. The van der Waals surface area contributed by atoms with Gasteiger partial charge >= 0.3 is 0 Å². The molecule has 1 aromatic heterocycles. The number of morpholine rings is 1. The van der Waals surface area contributed by atoms with Crippen molar-refractivity contribution in [1.82, 2.24) is 10.3 Å². The van der Waals surface area contributed by atoms with Crippen molar-refractivity contribution in [2.24, 2.45) is 0 Å². The summed E-state index contributed by atoms with van der Waals surface area (Å²) in [6, 6.07) is 14.7. The van der Waals surface area contributed by atoms with Crippen LogP contribution in [0.25, 0.3) is 6.08 Å². The molecule has 0 aliphatic carbocycles. The van der Waals surface area contributed by atoms with Gasteiger partial charge in [0.25, 0.3) is 0 Å². The summed E-state index contributed by atoms with van der Waals surface area (Å²) in [6.07, 6.45) is 4.70. The van der Waals surface area contributed by atoms with Crippen LogP contribution in [0.2, 0.25) is 0 Å². The van der Waals surface area contributed by atoms with Crippen LogP contribution in [-0.2, 0) is 11.3 Å². The van der Waals surface area contributed by atoms with E-state index in [2.05, 4.69) is 78.4 Å². The lowest BCUT2D eigenvalue weighted by molar-refractivity contribution is -0.00545. The maximum absolute atomic E-state index is 5.79. The van der Waals surface area contributed by atoms with Crippen molar-refractivity contribution in [3.8, 4) is 0 Å². The number of benzene rings is 1. The van der Waals surface area contributed by atoms with Gasteiger partial charge in [0.2, 0.25) is 0 Å². The highest BCUT2D eigenvalue weighted by atomic mass is 16.5. The minimum Gasteiger partial charge on any atom is -0.372 e. The summed E-state index contributed by atoms with van der Waals surface area (Å²) in [5.74, 6) is 1.04. The van der Waals surface area contributed by atoms with Crippen molar-refractivity contribution in [2.75, 3.05) is 24.5 Å². The molecule has 0 bridgehead atoms.